The minimum absolute atomic E-state index is 0.137. The van der Waals surface area contributed by atoms with Gasteiger partial charge in [0.15, 0.2) is 0 Å². The summed E-state index contributed by atoms with van der Waals surface area (Å²) in [5.41, 5.74) is 0. The molecule has 88 valence electrons. The van der Waals surface area contributed by atoms with Gasteiger partial charge in [0.1, 0.15) is 0 Å². The third-order valence-corrected chi connectivity index (χ3v) is 2.07. The summed E-state index contributed by atoms with van der Waals surface area (Å²) in [7, 11) is 0. The Morgan fingerprint density at radius 2 is 1.53 bits per heavy atom. The van der Waals surface area contributed by atoms with Gasteiger partial charge >= 0.3 is 5.97 Å². The maximum Gasteiger partial charge on any atom is 0.305 e. The van der Waals surface area contributed by atoms with Crippen LogP contribution in [0, 0.1) is 0 Å². The predicted molar refractivity (Wildman–Crippen MR) is 54.0 cm³/mol. The van der Waals surface area contributed by atoms with Crippen LogP contribution in [0.25, 0.3) is 0 Å². The number of hydrogen-bond acceptors (Lipinski definition) is 4. The van der Waals surface area contributed by atoms with Crippen LogP contribution in [0.2, 0.25) is 0 Å². The average molecular weight is 215 g/mol. The first-order valence-corrected chi connectivity index (χ1v) is 5.52. The second-order valence-electron chi connectivity index (χ2n) is 3.44. The average Bonchev–Trinajstić information content (AvgIpc) is 2.16. The Labute approximate surface area is 90.6 Å². The van der Waals surface area contributed by atoms with E-state index in [1.807, 2.05) is 0 Å². The Kier molecular flexibility index (Phi) is 8.82. The van der Waals surface area contributed by atoms with E-state index in [9.17, 15) is 14.7 Å². The molecule has 0 unspecified atom stereocenters. The molecule has 0 bridgehead atoms. The molecule has 0 aliphatic rings. The van der Waals surface area contributed by atoms with Gasteiger partial charge in [-0.3, -0.25) is 4.79 Å². The molecule has 0 aliphatic heterocycles. The molecular formula is C11H19O4-. The molecule has 0 saturated heterocycles. The van der Waals surface area contributed by atoms with E-state index in [1.165, 1.54) is 0 Å². The second kappa shape index (κ2) is 9.49. The van der Waals surface area contributed by atoms with Crippen molar-refractivity contribution in [3.8, 4) is 0 Å². The largest absolute Gasteiger partial charge is 0.550 e. The van der Waals surface area contributed by atoms with Crippen LogP contribution in [0.15, 0.2) is 0 Å². The van der Waals surface area contributed by atoms with Gasteiger partial charge in [0.05, 0.1) is 6.61 Å². The minimum Gasteiger partial charge on any atom is -0.550 e. The summed E-state index contributed by atoms with van der Waals surface area (Å²) in [5, 5.41) is 10.1. The second-order valence-corrected chi connectivity index (χ2v) is 3.44. The van der Waals surface area contributed by atoms with Gasteiger partial charge in [0.2, 0.25) is 0 Å². The lowest BCUT2D eigenvalue weighted by molar-refractivity contribution is -0.305. The van der Waals surface area contributed by atoms with Gasteiger partial charge in [-0.1, -0.05) is 19.3 Å². The number of rotatable bonds is 9. The first-order valence-electron chi connectivity index (χ1n) is 5.52. The molecule has 0 heterocycles. The Bertz CT molecular complexity index is 189. The zero-order valence-electron chi connectivity index (χ0n) is 9.29. The topological polar surface area (TPSA) is 66.4 Å². The highest BCUT2D eigenvalue weighted by atomic mass is 16.5. The number of unbranched alkanes of at least 4 members (excludes halogenated alkanes) is 4. The van der Waals surface area contributed by atoms with Gasteiger partial charge in [-0.25, -0.2) is 0 Å². The fourth-order valence-electron chi connectivity index (χ4n) is 1.30. The summed E-state index contributed by atoms with van der Waals surface area (Å²) in [5.74, 6) is -1.13. The molecule has 0 saturated carbocycles. The van der Waals surface area contributed by atoms with Gasteiger partial charge in [0, 0.05) is 12.4 Å². The molecule has 0 atom stereocenters. The zero-order valence-corrected chi connectivity index (χ0v) is 9.29. The van der Waals surface area contributed by atoms with Crippen molar-refractivity contribution < 1.29 is 19.4 Å². The van der Waals surface area contributed by atoms with Gasteiger partial charge in [0.25, 0.3) is 0 Å². The number of aliphatic carboxylic acids is 1. The Morgan fingerprint density at radius 1 is 1.00 bits per heavy atom. The van der Waals surface area contributed by atoms with Gasteiger partial charge in [-0.05, 0) is 26.2 Å². The van der Waals surface area contributed by atoms with E-state index in [1.54, 1.807) is 6.92 Å². The summed E-state index contributed by atoms with van der Waals surface area (Å²) in [4.78, 5) is 21.0. The van der Waals surface area contributed by atoms with Crippen molar-refractivity contribution in [1.29, 1.82) is 0 Å². The highest BCUT2D eigenvalue weighted by Crippen LogP contribution is 2.07. The molecule has 4 nitrogen and oxygen atoms in total. The fraction of sp³-hybridized carbons (Fsp3) is 0.818. The van der Waals surface area contributed by atoms with E-state index < -0.39 is 5.97 Å². The van der Waals surface area contributed by atoms with Crippen LogP contribution in [-0.4, -0.2) is 18.5 Å². The first-order chi connectivity index (χ1) is 7.16. The molecule has 0 aromatic heterocycles. The van der Waals surface area contributed by atoms with E-state index >= 15 is 0 Å². The van der Waals surface area contributed by atoms with Crippen molar-refractivity contribution in [3.63, 3.8) is 0 Å². The molecule has 0 aromatic carbocycles. The minimum atomic E-state index is -0.985. The highest BCUT2D eigenvalue weighted by molar-refractivity contribution is 5.69. The number of hydrogen-bond donors (Lipinski definition) is 0. The molecular weight excluding hydrogens is 196 g/mol. The van der Waals surface area contributed by atoms with Crippen LogP contribution in [-0.2, 0) is 14.3 Å². The van der Waals surface area contributed by atoms with E-state index in [2.05, 4.69) is 0 Å². The zero-order chi connectivity index (χ0) is 11.5. The monoisotopic (exact) mass is 215 g/mol. The highest BCUT2D eigenvalue weighted by Gasteiger charge is 2.00. The number of carbonyl (C=O) groups is 2. The number of carboxylic acid groups (broad SMARTS) is 1. The number of carboxylic acids is 1. The van der Waals surface area contributed by atoms with Crippen LogP contribution in [0.5, 0.6) is 0 Å². The van der Waals surface area contributed by atoms with Crippen LogP contribution in [0.1, 0.15) is 51.9 Å². The van der Waals surface area contributed by atoms with Crippen molar-refractivity contribution in [3.05, 3.63) is 0 Å². The number of ether oxygens (including phenoxy) is 1. The molecule has 0 amide bonds. The van der Waals surface area contributed by atoms with Gasteiger partial charge in [-0.15, -0.1) is 0 Å². The lowest BCUT2D eigenvalue weighted by Crippen LogP contribution is -2.21. The molecule has 0 N–H and O–H groups in total. The summed E-state index contributed by atoms with van der Waals surface area (Å²) in [6, 6.07) is 0. The van der Waals surface area contributed by atoms with E-state index in [0.29, 0.717) is 19.4 Å². The summed E-state index contributed by atoms with van der Waals surface area (Å²) in [6.45, 7) is 2.22. The summed E-state index contributed by atoms with van der Waals surface area (Å²) < 4.78 is 4.78. The summed E-state index contributed by atoms with van der Waals surface area (Å²) in [6.07, 6.45) is 4.90. The third kappa shape index (κ3) is 10.9. The lowest BCUT2D eigenvalue weighted by atomic mass is 10.1. The third-order valence-electron chi connectivity index (χ3n) is 2.07. The van der Waals surface area contributed by atoms with E-state index in [4.69, 9.17) is 4.74 Å². The van der Waals surface area contributed by atoms with E-state index in [0.717, 1.165) is 25.7 Å². The molecule has 15 heavy (non-hydrogen) atoms. The normalized spacial score (nSPS) is 9.93. The fourth-order valence-corrected chi connectivity index (χ4v) is 1.30. The van der Waals surface area contributed by atoms with Crippen molar-refractivity contribution in [2.24, 2.45) is 0 Å². The molecule has 0 rings (SSSR count). The SMILES string of the molecule is CCOC(=O)CCCCCCCC(=O)[O-]. The van der Waals surface area contributed by atoms with Crippen molar-refractivity contribution in [2.45, 2.75) is 51.9 Å². The quantitative estimate of drug-likeness (QED) is 0.425. The molecule has 0 fully saturated rings. The van der Waals surface area contributed by atoms with Crippen LogP contribution in [0.3, 0.4) is 0 Å². The van der Waals surface area contributed by atoms with Crippen molar-refractivity contribution in [1.82, 2.24) is 0 Å². The maximum absolute atomic E-state index is 10.9. The van der Waals surface area contributed by atoms with Gasteiger partial charge in [-0.2, -0.15) is 0 Å². The van der Waals surface area contributed by atoms with Crippen LogP contribution >= 0.6 is 0 Å². The predicted octanol–water partition coefficient (Wildman–Crippen LogP) is 1.03. The first kappa shape index (κ1) is 13.9. The molecule has 0 radical (unpaired) electrons. The van der Waals surface area contributed by atoms with Gasteiger partial charge < -0.3 is 14.6 Å². The lowest BCUT2D eigenvalue weighted by Gasteiger charge is -2.03. The standard InChI is InChI=1S/C11H20O4/c1-2-15-11(14)9-7-5-3-4-6-8-10(12)13/h2-9H2,1H3,(H,12,13)/p-1. The summed E-state index contributed by atoms with van der Waals surface area (Å²) >= 11 is 0. The Morgan fingerprint density at radius 3 is 2.07 bits per heavy atom. The smallest absolute Gasteiger partial charge is 0.305 e. The molecule has 0 aliphatic carbocycles. The van der Waals surface area contributed by atoms with Crippen LogP contribution < -0.4 is 5.11 Å². The van der Waals surface area contributed by atoms with Crippen molar-refractivity contribution >= 4 is 11.9 Å². The Hall–Kier alpha value is -1.06. The molecule has 0 aromatic rings. The number of esters is 1. The maximum atomic E-state index is 10.9. The van der Waals surface area contributed by atoms with Crippen LogP contribution in [0.4, 0.5) is 0 Å². The number of carbonyl (C=O) groups excluding carboxylic acids is 2. The molecule has 4 heteroatoms. The van der Waals surface area contributed by atoms with E-state index in [-0.39, 0.29) is 12.4 Å². The van der Waals surface area contributed by atoms with Crippen molar-refractivity contribution in [2.75, 3.05) is 6.61 Å². The molecule has 0 spiro atoms. The Balaban J connectivity index is 3.11.